The number of para-hydroxylation sites is 1. The van der Waals surface area contributed by atoms with Crippen LogP contribution in [0.3, 0.4) is 0 Å². The van der Waals surface area contributed by atoms with Crippen molar-refractivity contribution in [1.29, 1.82) is 0 Å². The quantitative estimate of drug-likeness (QED) is 0.922. The Morgan fingerprint density at radius 2 is 1.80 bits per heavy atom. The van der Waals surface area contributed by atoms with Gasteiger partial charge in [0.25, 0.3) is 5.91 Å². The molecule has 0 spiro atoms. The van der Waals surface area contributed by atoms with Crippen LogP contribution >= 0.6 is 0 Å². The molecule has 3 heteroatoms. The minimum absolute atomic E-state index is 0.0121. The number of benzene rings is 2. The summed E-state index contributed by atoms with van der Waals surface area (Å²) in [5, 5.41) is 3.06. The zero-order valence-corrected chi connectivity index (χ0v) is 12.4. The molecule has 0 aliphatic carbocycles. The predicted octanol–water partition coefficient (Wildman–Crippen LogP) is 3.62. The third-order valence-electron chi connectivity index (χ3n) is 3.45. The van der Waals surface area contributed by atoms with E-state index in [4.69, 9.17) is 0 Å². The lowest BCUT2D eigenvalue weighted by atomic mass is 10.1. The van der Waals surface area contributed by atoms with E-state index in [-0.39, 0.29) is 5.91 Å². The van der Waals surface area contributed by atoms with Gasteiger partial charge < -0.3 is 10.2 Å². The van der Waals surface area contributed by atoms with Gasteiger partial charge in [-0.15, -0.1) is 0 Å². The zero-order valence-electron chi connectivity index (χ0n) is 12.4. The third-order valence-corrected chi connectivity index (χ3v) is 3.45. The summed E-state index contributed by atoms with van der Waals surface area (Å²) in [5.74, 6) is -0.0121. The van der Waals surface area contributed by atoms with Crippen molar-refractivity contribution in [2.45, 2.75) is 13.8 Å². The van der Waals surface area contributed by atoms with Gasteiger partial charge in [0.1, 0.15) is 0 Å². The molecular formula is C17H20N2O. The fourth-order valence-electron chi connectivity index (χ4n) is 2.36. The first-order chi connectivity index (χ1) is 9.54. The summed E-state index contributed by atoms with van der Waals surface area (Å²) in [6.45, 7) is 4.07. The fourth-order valence-corrected chi connectivity index (χ4v) is 2.36. The molecular weight excluding hydrogens is 248 g/mol. The van der Waals surface area contributed by atoms with E-state index in [1.807, 2.05) is 57.4 Å². The number of nitrogens with one attached hydrogen (secondary N) is 1. The Morgan fingerprint density at radius 3 is 2.45 bits per heavy atom. The lowest BCUT2D eigenvalue weighted by molar-refractivity contribution is 0.0993. The van der Waals surface area contributed by atoms with Gasteiger partial charge in [0.05, 0.1) is 5.56 Å². The third kappa shape index (κ3) is 2.67. The molecule has 0 unspecified atom stereocenters. The Kier molecular flexibility index (Phi) is 4.08. The number of carbonyl (C=O) groups excluding carboxylic acids is 1. The van der Waals surface area contributed by atoms with Crippen molar-refractivity contribution in [1.82, 2.24) is 0 Å². The summed E-state index contributed by atoms with van der Waals surface area (Å²) >= 11 is 0. The number of anilines is 2. The van der Waals surface area contributed by atoms with Crippen LogP contribution in [0.1, 0.15) is 21.5 Å². The maximum atomic E-state index is 12.6. The molecule has 0 saturated heterocycles. The molecule has 0 radical (unpaired) electrons. The van der Waals surface area contributed by atoms with Crippen LogP contribution in [-0.4, -0.2) is 20.0 Å². The first-order valence-electron chi connectivity index (χ1n) is 6.66. The number of nitrogens with zero attached hydrogens (tertiary/aromatic N) is 1. The van der Waals surface area contributed by atoms with Crippen molar-refractivity contribution in [3.63, 3.8) is 0 Å². The van der Waals surface area contributed by atoms with Crippen LogP contribution in [-0.2, 0) is 0 Å². The van der Waals surface area contributed by atoms with Gasteiger partial charge in [-0.3, -0.25) is 4.79 Å². The van der Waals surface area contributed by atoms with E-state index in [2.05, 4.69) is 18.3 Å². The van der Waals surface area contributed by atoms with Crippen molar-refractivity contribution < 1.29 is 4.79 Å². The highest BCUT2D eigenvalue weighted by molar-refractivity contribution is 6.09. The highest BCUT2D eigenvalue weighted by Gasteiger charge is 2.17. The topological polar surface area (TPSA) is 32.3 Å². The molecule has 104 valence electrons. The molecule has 2 aromatic carbocycles. The maximum Gasteiger partial charge on any atom is 0.260 e. The Bertz CT molecular complexity index is 635. The second-order valence-corrected chi connectivity index (χ2v) is 4.95. The van der Waals surface area contributed by atoms with E-state index in [1.165, 1.54) is 5.56 Å². The Morgan fingerprint density at radius 1 is 1.10 bits per heavy atom. The van der Waals surface area contributed by atoms with Crippen LogP contribution in [0, 0.1) is 13.8 Å². The minimum atomic E-state index is -0.0121. The van der Waals surface area contributed by atoms with Gasteiger partial charge >= 0.3 is 0 Å². The molecule has 0 saturated carbocycles. The lowest BCUT2D eigenvalue weighted by Crippen LogP contribution is -2.27. The van der Waals surface area contributed by atoms with Gasteiger partial charge in [-0.05, 0) is 37.6 Å². The Labute approximate surface area is 120 Å². The van der Waals surface area contributed by atoms with Gasteiger partial charge in [0, 0.05) is 25.5 Å². The molecule has 1 amide bonds. The highest BCUT2D eigenvalue weighted by atomic mass is 16.2. The summed E-state index contributed by atoms with van der Waals surface area (Å²) in [6, 6.07) is 13.6. The van der Waals surface area contributed by atoms with E-state index in [1.54, 1.807) is 4.90 Å². The first-order valence-corrected chi connectivity index (χ1v) is 6.66. The Balaban J connectivity index is 2.37. The van der Waals surface area contributed by atoms with E-state index < -0.39 is 0 Å². The van der Waals surface area contributed by atoms with Crippen LogP contribution in [0.4, 0.5) is 11.4 Å². The van der Waals surface area contributed by atoms with Gasteiger partial charge in [0.2, 0.25) is 0 Å². The van der Waals surface area contributed by atoms with Gasteiger partial charge in [-0.1, -0.05) is 29.8 Å². The average molecular weight is 268 g/mol. The van der Waals surface area contributed by atoms with Crippen LogP contribution in [0.2, 0.25) is 0 Å². The average Bonchev–Trinajstić information content (AvgIpc) is 2.45. The Hall–Kier alpha value is -2.29. The summed E-state index contributed by atoms with van der Waals surface area (Å²) in [5.41, 5.74) is 4.75. The largest absolute Gasteiger partial charge is 0.387 e. The molecule has 0 aliphatic heterocycles. The molecule has 20 heavy (non-hydrogen) atoms. The number of rotatable bonds is 3. The van der Waals surface area contributed by atoms with Crippen molar-refractivity contribution in [3.05, 3.63) is 59.2 Å². The van der Waals surface area contributed by atoms with E-state index >= 15 is 0 Å². The smallest absolute Gasteiger partial charge is 0.260 e. The van der Waals surface area contributed by atoms with Gasteiger partial charge in [-0.25, -0.2) is 0 Å². The molecule has 1 N–H and O–H groups in total. The van der Waals surface area contributed by atoms with E-state index in [9.17, 15) is 4.79 Å². The lowest BCUT2D eigenvalue weighted by Gasteiger charge is -2.21. The van der Waals surface area contributed by atoms with Crippen molar-refractivity contribution in [3.8, 4) is 0 Å². The summed E-state index contributed by atoms with van der Waals surface area (Å²) in [6.07, 6.45) is 0. The molecule has 0 atom stereocenters. The number of hydrogen-bond donors (Lipinski definition) is 1. The molecule has 0 bridgehead atoms. The summed E-state index contributed by atoms with van der Waals surface area (Å²) < 4.78 is 0. The van der Waals surface area contributed by atoms with Crippen LogP contribution in [0.25, 0.3) is 0 Å². The van der Waals surface area contributed by atoms with Gasteiger partial charge in [0.15, 0.2) is 0 Å². The molecule has 0 aliphatic rings. The minimum Gasteiger partial charge on any atom is -0.387 e. The first kappa shape index (κ1) is 14.1. The standard InChI is InChI=1S/C17H20N2O/c1-12-9-10-16(13(2)11-12)19(4)17(20)14-7-5-6-8-15(14)18-3/h5-11,18H,1-4H3. The van der Waals surface area contributed by atoms with Crippen molar-refractivity contribution in [2.24, 2.45) is 0 Å². The second kappa shape index (κ2) is 5.78. The number of carbonyl (C=O) groups is 1. The summed E-state index contributed by atoms with van der Waals surface area (Å²) in [7, 11) is 3.63. The maximum absolute atomic E-state index is 12.6. The SMILES string of the molecule is CNc1ccccc1C(=O)N(C)c1ccc(C)cc1C. The van der Waals surface area contributed by atoms with Gasteiger partial charge in [-0.2, -0.15) is 0 Å². The van der Waals surface area contributed by atoms with Crippen LogP contribution in [0.5, 0.6) is 0 Å². The van der Waals surface area contributed by atoms with Crippen molar-refractivity contribution >= 4 is 17.3 Å². The molecule has 0 aromatic heterocycles. The van der Waals surface area contributed by atoms with E-state index in [0.717, 1.165) is 16.9 Å². The monoisotopic (exact) mass is 268 g/mol. The van der Waals surface area contributed by atoms with Crippen LogP contribution in [0.15, 0.2) is 42.5 Å². The zero-order chi connectivity index (χ0) is 14.7. The highest BCUT2D eigenvalue weighted by Crippen LogP contribution is 2.24. The number of aryl methyl sites for hydroxylation is 2. The van der Waals surface area contributed by atoms with Crippen LogP contribution < -0.4 is 10.2 Å². The molecule has 0 heterocycles. The number of amides is 1. The predicted molar refractivity (Wildman–Crippen MR) is 84.6 cm³/mol. The van der Waals surface area contributed by atoms with Crippen molar-refractivity contribution in [2.75, 3.05) is 24.3 Å². The molecule has 2 rings (SSSR count). The second-order valence-electron chi connectivity index (χ2n) is 4.95. The number of hydrogen-bond acceptors (Lipinski definition) is 2. The van der Waals surface area contributed by atoms with E-state index in [0.29, 0.717) is 5.56 Å². The molecule has 2 aromatic rings. The molecule has 0 fully saturated rings. The summed E-state index contributed by atoms with van der Waals surface area (Å²) in [4.78, 5) is 14.3. The fraction of sp³-hybridized carbons (Fsp3) is 0.235. The normalized spacial score (nSPS) is 10.2. The molecule has 3 nitrogen and oxygen atoms in total.